The highest BCUT2D eigenvalue weighted by Gasteiger charge is 2.59. The number of hydrazone groups is 1. The number of nitrogens with zero attached hydrogens (tertiary/aromatic N) is 1. The highest BCUT2D eigenvalue weighted by atomic mass is 15.4. The van der Waals surface area contributed by atoms with Gasteiger partial charge in [0.05, 0.1) is 11.3 Å². The van der Waals surface area contributed by atoms with Crippen LogP contribution in [0.4, 0.5) is 0 Å². The number of hydrogen-bond acceptors (Lipinski definition) is 2. The predicted molar refractivity (Wildman–Crippen MR) is 83.7 cm³/mol. The van der Waals surface area contributed by atoms with E-state index in [0.717, 1.165) is 6.42 Å². The van der Waals surface area contributed by atoms with E-state index in [9.17, 15) is 0 Å². The molecule has 0 amide bonds. The van der Waals surface area contributed by atoms with E-state index in [1.165, 1.54) is 37.8 Å². The van der Waals surface area contributed by atoms with E-state index in [0.29, 0.717) is 16.2 Å². The van der Waals surface area contributed by atoms with Crippen LogP contribution in [-0.4, -0.2) is 11.3 Å². The smallest absolute Gasteiger partial charge is 0.0825 e. The fourth-order valence-electron chi connectivity index (χ4n) is 6.35. The molecular formula is C18H28N2. The van der Waals surface area contributed by atoms with Gasteiger partial charge in [-0.3, -0.25) is 5.43 Å². The van der Waals surface area contributed by atoms with Crippen molar-refractivity contribution in [2.45, 2.75) is 78.7 Å². The van der Waals surface area contributed by atoms with E-state index in [4.69, 9.17) is 5.10 Å². The minimum Gasteiger partial charge on any atom is -0.299 e. The maximum absolute atomic E-state index is 4.81. The van der Waals surface area contributed by atoms with Crippen molar-refractivity contribution >= 4 is 5.71 Å². The van der Waals surface area contributed by atoms with Gasteiger partial charge >= 0.3 is 0 Å². The molecule has 1 saturated carbocycles. The Morgan fingerprint density at radius 2 is 1.60 bits per heavy atom. The Balaban J connectivity index is 1.87. The molecule has 0 aromatic heterocycles. The summed E-state index contributed by atoms with van der Waals surface area (Å²) in [7, 11) is 0. The number of allylic oxidation sites excluding steroid dienone is 1. The maximum Gasteiger partial charge on any atom is 0.0825 e. The average Bonchev–Trinajstić information content (AvgIpc) is 2.49. The van der Waals surface area contributed by atoms with Gasteiger partial charge in [-0.25, -0.2) is 0 Å². The van der Waals surface area contributed by atoms with Crippen LogP contribution in [0, 0.1) is 16.2 Å². The summed E-state index contributed by atoms with van der Waals surface area (Å²) >= 11 is 0. The molecule has 1 spiro atoms. The minimum atomic E-state index is 0.177. The van der Waals surface area contributed by atoms with Crippen molar-refractivity contribution in [1.29, 1.82) is 0 Å². The van der Waals surface area contributed by atoms with Gasteiger partial charge in [-0.1, -0.05) is 40.2 Å². The normalized spacial score (nSPS) is 43.8. The van der Waals surface area contributed by atoms with Gasteiger partial charge in [0.15, 0.2) is 0 Å². The molecule has 1 heterocycles. The zero-order valence-corrected chi connectivity index (χ0v) is 13.7. The third kappa shape index (κ3) is 1.66. The molecule has 1 aliphatic heterocycles. The van der Waals surface area contributed by atoms with Crippen LogP contribution in [0.1, 0.15) is 73.1 Å². The molecule has 110 valence electrons. The Labute approximate surface area is 123 Å². The lowest BCUT2D eigenvalue weighted by molar-refractivity contribution is 0.0267. The molecule has 0 saturated heterocycles. The lowest BCUT2D eigenvalue weighted by Crippen LogP contribution is -2.57. The van der Waals surface area contributed by atoms with E-state index in [2.05, 4.69) is 40.0 Å². The molecule has 0 aromatic carbocycles. The summed E-state index contributed by atoms with van der Waals surface area (Å²) in [6.07, 6.45) is 7.63. The van der Waals surface area contributed by atoms with E-state index in [-0.39, 0.29) is 5.54 Å². The van der Waals surface area contributed by atoms with Gasteiger partial charge in [0, 0.05) is 5.57 Å². The standard InChI is InChI=1S/C18H28N2/c1-15(2)6-12-7-17(5)9-16(3,4)10-18(11-17)14(12)13(8-15)19-20-18/h20H,6-11H2,1-5H3. The second-order valence-electron chi connectivity index (χ2n) is 9.93. The molecule has 0 aromatic rings. The van der Waals surface area contributed by atoms with Gasteiger partial charge in [-0.2, -0.15) is 5.10 Å². The number of nitrogens with one attached hydrogen (secondary N) is 1. The van der Waals surface area contributed by atoms with Crippen LogP contribution in [0.2, 0.25) is 0 Å². The first-order valence-corrected chi connectivity index (χ1v) is 8.19. The van der Waals surface area contributed by atoms with Crippen LogP contribution in [0.5, 0.6) is 0 Å². The molecule has 2 bridgehead atoms. The quantitative estimate of drug-likeness (QED) is 0.693. The third-order valence-corrected chi connectivity index (χ3v) is 5.92. The monoisotopic (exact) mass is 272 g/mol. The van der Waals surface area contributed by atoms with Gasteiger partial charge in [0.25, 0.3) is 0 Å². The first-order valence-electron chi connectivity index (χ1n) is 8.19. The van der Waals surface area contributed by atoms with Crippen molar-refractivity contribution in [3.63, 3.8) is 0 Å². The Hall–Kier alpha value is -0.790. The van der Waals surface area contributed by atoms with Crippen LogP contribution in [0.3, 0.4) is 0 Å². The SMILES string of the molecule is CC1(C)CC2=NNC34CC(C)(C)CC(C)(CC(=C23)C1)C4. The lowest BCUT2D eigenvalue weighted by atomic mass is 9.49. The topological polar surface area (TPSA) is 24.4 Å². The molecule has 2 atom stereocenters. The molecule has 2 unspecified atom stereocenters. The third-order valence-electron chi connectivity index (χ3n) is 5.92. The van der Waals surface area contributed by atoms with Crippen molar-refractivity contribution in [3.05, 3.63) is 11.1 Å². The highest BCUT2D eigenvalue weighted by molar-refractivity contribution is 6.05. The number of hydrogen-bond donors (Lipinski definition) is 1. The summed E-state index contributed by atoms with van der Waals surface area (Å²) in [5.74, 6) is 0. The molecule has 1 fully saturated rings. The maximum atomic E-state index is 4.81. The Morgan fingerprint density at radius 1 is 0.850 bits per heavy atom. The van der Waals surface area contributed by atoms with Gasteiger partial charge in [0.2, 0.25) is 0 Å². The molecule has 2 nitrogen and oxygen atoms in total. The summed E-state index contributed by atoms with van der Waals surface area (Å²) < 4.78 is 0. The first-order chi connectivity index (χ1) is 9.12. The fraction of sp³-hybridized carbons (Fsp3) is 0.833. The van der Waals surface area contributed by atoms with Crippen molar-refractivity contribution in [2.24, 2.45) is 21.3 Å². The van der Waals surface area contributed by atoms with E-state index in [1.807, 2.05) is 0 Å². The zero-order valence-electron chi connectivity index (χ0n) is 13.7. The summed E-state index contributed by atoms with van der Waals surface area (Å²) in [4.78, 5) is 0. The van der Waals surface area contributed by atoms with E-state index < -0.39 is 0 Å². The number of rotatable bonds is 0. The van der Waals surface area contributed by atoms with Crippen LogP contribution < -0.4 is 5.43 Å². The molecule has 3 aliphatic carbocycles. The molecule has 2 heteroatoms. The van der Waals surface area contributed by atoms with Crippen LogP contribution >= 0.6 is 0 Å². The van der Waals surface area contributed by atoms with Gasteiger partial charge in [-0.05, 0) is 54.8 Å². The van der Waals surface area contributed by atoms with Crippen LogP contribution in [0.15, 0.2) is 16.2 Å². The Morgan fingerprint density at radius 3 is 2.35 bits per heavy atom. The highest BCUT2D eigenvalue weighted by Crippen LogP contribution is 2.62. The lowest BCUT2D eigenvalue weighted by Gasteiger charge is -2.57. The minimum absolute atomic E-state index is 0.177. The van der Waals surface area contributed by atoms with Crippen molar-refractivity contribution in [2.75, 3.05) is 0 Å². The van der Waals surface area contributed by atoms with Gasteiger partial charge < -0.3 is 0 Å². The molecule has 1 N–H and O–H groups in total. The zero-order chi connectivity index (χ0) is 14.4. The molecule has 20 heavy (non-hydrogen) atoms. The second-order valence-corrected chi connectivity index (χ2v) is 9.93. The number of fused-ring (bicyclic) bond motifs is 1. The average molecular weight is 272 g/mol. The Kier molecular flexibility index (Phi) is 2.15. The second kappa shape index (κ2) is 3.34. The van der Waals surface area contributed by atoms with Crippen molar-refractivity contribution in [3.8, 4) is 0 Å². The van der Waals surface area contributed by atoms with Crippen LogP contribution in [0.25, 0.3) is 0 Å². The molecule has 4 aliphatic rings. The van der Waals surface area contributed by atoms with E-state index >= 15 is 0 Å². The van der Waals surface area contributed by atoms with Crippen LogP contribution in [-0.2, 0) is 0 Å². The van der Waals surface area contributed by atoms with Gasteiger partial charge in [0.1, 0.15) is 0 Å². The van der Waals surface area contributed by atoms with Crippen molar-refractivity contribution in [1.82, 2.24) is 5.43 Å². The first kappa shape index (κ1) is 12.9. The molecule has 4 rings (SSSR count). The predicted octanol–water partition coefficient (Wildman–Crippen LogP) is 4.42. The summed E-state index contributed by atoms with van der Waals surface area (Å²) in [6, 6.07) is 0. The molecular weight excluding hydrogens is 244 g/mol. The van der Waals surface area contributed by atoms with E-state index in [1.54, 1.807) is 11.1 Å². The van der Waals surface area contributed by atoms with Gasteiger partial charge in [-0.15, -0.1) is 0 Å². The summed E-state index contributed by atoms with van der Waals surface area (Å²) in [6.45, 7) is 12.2. The fourth-order valence-corrected chi connectivity index (χ4v) is 6.35. The molecule has 0 radical (unpaired) electrons. The largest absolute Gasteiger partial charge is 0.299 e. The van der Waals surface area contributed by atoms with Crippen molar-refractivity contribution < 1.29 is 0 Å². The Bertz CT molecular complexity index is 552. The summed E-state index contributed by atoms with van der Waals surface area (Å²) in [5, 5.41) is 4.81. The summed E-state index contributed by atoms with van der Waals surface area (Å²) in [5.41, 5.74) is 9.84.